The Labute approximate surface area is 550 Å². The Hall–Kier alpha value is -12.9. The van der Waals surface area contributed by atoms with E-state index < -0.39 is 0 Å². The first kappa shape index (κ1) is 53.7. The minimum absolute atomic E-state index is 0.887. The Balaban J connectivity index is 0.000000132. The molecule has 21 rings (SSSR count). The summed E-state index contributed by atoms with van der Waals surface area (Å²) in [7, 11) is 0. The molecule has 0 saturated carbocycles. The fraction of sp³-hybridized carbons (Fsp3) is 0. The summed E-state index contributed by atoms with van der Waals surface area (Å²) in [6.07, 6.45) is 0. The van der Waals surface area contributed by atoms with E-state index in [9.17, 15) is 0 Å². The van der Waals surface area contributed by atoms with E-state index in [0.717, 1.165) is 55.3 Å². The molecule has 6 aromatic heterocycles. The first-order chi connectivity index (χ1) is 47.6. The van der Waals surface area contributed by atoms with Crippen molar-refractivity contribution in [1.82, 2.24) is 18.3 Å². The highest BCUT2D eigenvalue weighted by atomic mass is 16.3. The second-order valence-corrected chi connectivity index (χ2v) is 25.1. The molecule has 0 unspecified atom stereocenters. The van der Waals surface area contributed by atoms with Crippen LogP contribution in [0.5, 0.6) is 0 Å². The molecule has 6 nitrogen and oxygen atoms in total. The average Bonchev–Trinajstić information content (AvgIpc) is 1.60. The van der Waals surface area contributed by atoms with Crippen LogP contribution in [0.15, 0.2) is 349 Å². The molecule has 0 N–H and O–H groups in total. The molecule has 15 aromatic carbocycles. The number of para-hydroxylation sites is 7. The van der Waals surface area contributed by atoms with Gasteiger partial charge in [-0.25, -0.2) is 0 Å². The molecule has 96 heavy (non-hydrogen) atoms. The number of rotatable bonds is 7. The summed E-state index contributed by atoms with van der Waals surface area (Å²) in [4.78, 5) is 0. The maximum Gasteiger partial charge on any atom is 0.137 e. The molecule has 0 spiro atoms. The lowest BCUT2D eigenvalue weighted by molar-refractivity contribution is 0.668. The molecule has 6 heterocycles. The molecule has 0 amide bonds. The largest absolute Gasteiger partial charge is 0.456 e. The average molecular weight is 1230 g/mol. The Morgan fingerprint density at radius 3 is 0.896 bits per heavy atom. The topological polar surface area (TPSA) is 46.0 Å². The Morgan fingerprint density at radius 1 is 0.167 bits per heavy atom. The molecule has 0 atom stereocenters. The van der Waals surface area contributed by atoms with E-state index in [0.29, 0.717) is 0 Å². The third-order valence-electron chi connectivity index (χ3n) is 19.8. The van der Waals surface area contributed by atoms with Crippen molar-refractivity contribution in [3.8, 4) is 56.1 Å². The van der Waals surface area contributed by atoms with Crippen LogP contribution in [-0.4, -0.2) is 18.3 Å². The lowest BCUT2D eigenvalue weighted by Gasteiger charge is -2.11. The van der Waals surface area contributed by atoms with Crippen LogP contribution in [0, 0.1) is 0 Å². The van der Waals surface area contributed by atoms with Gasteiger partial charge >= 0.3 is 0 Å². The van der Waals surface area contributed by atoms with Gasteiger partial charge in [-0.3, -0.25) is 0 Å². The smallest absolute Gasteiger partial charge is 0.137 e. The predicted octanol–water partition coefficient (Wildman–Crippen LogP) is 24.6. The highest BCUT2D eigenvalue weighted by Crippen LogP contribution is 2.45. The van der Waals surface area contributed by atoms with Crippen LogP contribution < -0.4 is 0 Å². The van der Waals surface area contributed by atoms with Crippen LogP contribution in [-0.2, 0) is 0 Å². The molecule has 0 saturated heterocycles. The van der Waals surface area contributed by atoms with Crippen LogP contribution in [0.3, 0.4) is 0 Å². The number of aromatic nitrogens is 4. The highest BCUT2D eigenvalue weighted by molar-refractivity contribution is 6.18. The van der Waals surface area contributed by atoms with Crippen molar-refractivity contribution < 1.29 is 8.83 Å². The highest BCUT2D eigenvalue weighted by Gasteiger charge is 2.23. The summed E-state index contributed by atoms with van der Waals surface area (Å²) in [6, 6.07) is 122. The molecule has 0 radical (unpaired) electrons. The molecule has 0 aliphatic rings. The van der Waals surface area contributed by atoms with Gasteiger partial charge in [-0.2, -0.15) is 0 Å². The zero-order valence-electron chi connectivity index (χ0n) is 51.9. The maximum absolute atomic E-state index is 6.46. The number of benzene rings is 15. The lowest BCUT2D eigenvalue weighted by Crippen LogP contribution is -1.94. The first-order valence-corrected chi connectivity index (χ1v) is 32.8. The van der Waals surface area contributed by atoms with Crippen LogP contribution in [0.4, 0.5) is 0 Å². The summed E-state index contributed by atoms with van der Waals surface area (Å²) >= 11 is 0. The van der Waals surface area contributed by atoms with Crippen LogP contribution >= 0.6 is 0 Å². The van der Waals surface area contributed by atoms with E-state index in [4.69, 9.17) is 8.83 Å². The molecule has 0 aliphatic carbocycles. The second-order valence-electron chi connectivity index (χ2n) is 25.1. The van der Waals surface area contributed by atoms with Crippen LogP contribution in [0.2, 0.25) is 0 Å². The predicted molar refractivity (Wildman–Crippen MR) is 401 cm³/mol. The molecule has 0 fully saturated rings. The van der Waals surface area contributed by atoms with Crippen molar-refractivity contribution in [2.75, 3.05) is 0 Å². The van der Waals surface area contributed by atoms with Gasteiger partial charge in [0, 0.05) is 65.2 Å². The number of nitrogens with zero attached hydrogens (tertiary/aromatic N) is 4. The van der Waals surface area contributed by atoms with Crippen molar-refractivity contribution in [1.29, 1.82) is 0 Å². The quantitative estimate of drug-likeness (QED) is 0.160. The summed E-state index contributed by atoms with van der Waals surface area (Å²) in [5.74, 6) is 0. The Kier molecular flexibility index (Phi) is 11.9. The normalized spacial score (nSPS) is 12.0. The van der Waals surface area contributed by atoms with Crippen molar-refractivity contribution in [2.24, 2.45) is 0 Å². The molecule has 6 heteroatoms. The van der Waals surface area contributed by atoms with Gasteiger partial charge in [-0.1, -0.05) is 200 Å². The fourth-order valence-electron chi connectivity index (χ4n) is 15.6. The van der Waals surface area contributed by atoms with Gasteiger partial charge in [-0.15, -0.1) is 0 Å². The Bertz CT molecular complexity index is 6700. The van der Waals surface area contributed by atoms with Gasteiger partial charge in [0.1, 0.15) is 22.3 Å². The van der Waals surface area contributed by atoms with Gasteiger partial charge in [0.25, 0.3) is 0 Å². The number of furan rings is 2. The maximum atomic E-state index is 6.46. The Morgan fingerprint density at radius 2 is 0.458 bits per heavy atom. The monoisotopic (exact) mass is 1220 g/mol. The van der Waals surface area contributed by atoms with Gasteiger partial charge in [-0.05, 0) is 173 Å². The minimum atomic E-state index is 0.887. The molecule has 448 valence electrons. The summed E-state index contributed by atoms with van der Waals surface area (Å²) < 4.78 is 22.3. The van der Waals surface area contributed by atoms with Crippen molar-refractivity contribution >= 4 is 131 Å². The van der Waals surface area contributed by atoms with E-state index in [2.05, 4.69) is 346 Å². The second kappa shape index (κ2) is 21.3. The molecule has 21 aromatic rings. The van der Waals surface area contributed by atoms with Gasteiger partial charge < -0.3 is 27.1 Å². The van der Waals surface area contributed by atoms with E-state index in [-0.39, 0.29) is 0 Å². The summed E-state index contributed by atoms with van der Waals surface area (Å²) in [5, 5.41) is 14.5. The van der Waals surface area contributed by atoms with E-state index in [1.54, 1.807) is 0 Å². The van der Waals surface area contributed by atoms with Gasteiger partial charge in [0.05, 0.1) is 66.3 Å². The van der Waals surface area contributed by atoms with Crippen molar-refractivity contribution in [3.05, 3.63) is 340 Å². The van der Waals surface area contributed by atoms with E-state index in [1.165, 1.54) is 132 Å². The van der Waals surface area contributed by atoms with Crippen molar-refractivity contribution in [3.63, 3.8) is 0 Å². The number of hydrogen-bond acceptors (Lipinski definition) is 2. The third-order valence-corrected chi connectivity index (χ3v) is 19.8. The van der Waals surface area contributed by atoms with E-state index >= 15 is 0 Å². The zero-order valence-corrected chi connectivity index (χ0v) is 51.9. The zero-order chi connectivity index (χ0) is 63.0. The van der Waals surface area contributed by atoms with Crippen molar-refractivity contribution in [2.45, 2.75) is 0 Å². The SMILES string of the molecule is c1ccc(-c2ccc3oc4cccc(-n5c6ccccc6c6cc(-c7ccc8c(c7)c7ccccc7n8-c7ccccc7)ccc65)c4c3c2)cc1.c1ccc(-n2c3ccccc3c3cc(-c4ccc5c(c4)c4ccccc4n5-c4cccc5oc6ccccc6c45)ccc32)cc1. The third kappa shape index (κ3) is 8.25. The van der Waals surface area contributed by atoms with E-state index in [1.807, 2.05) is 12.1 Å². The lowest BCUT2D eigenvalue weighted by atomic mass is 10.0. The molecular weight excluding hydrogens is 1170 g/mol. The van der Waals surface area contributed by atoms with Gasteiger partial charge in [0.15, 0.2) is 0 Å². The standard InChI is InChI=1S/C48H30N2O.C42H26N2O/c1-3-12-31(13-4-1)32-24-27-46-40(30-32)48-45(20-11-21-47(48)51-46)50-42-19-10-8-17-37(42)39-29-34(23-26-44(39)50)33-22-25-43-38(28-33)36-16-7-9-18-41(36)49(43)35-14-5-2-6-15-35;1-2-11-29(12-3-1)43-35-16-7-4-13-30(35)33-25-27(21-23-37(33)43)28-22-24-38-34(26-28)31-14-5-8-17-36(31)44(38)39-18-10-20-41-42(39)32-15-6-9-19-40(32)45-41/h1-30H;1-26H. The summed E-state index contributed by atoms with van der Waals surface area (Å²) in [5.41, 5.74) is 24.9. The number of fused-ring (bicyclic) bond motifs is 18. The molecule has 0 aliphatic heterocycles. The minimum Gasteiger partial charge on any atom is -0.456 e. The molecule has 0 bridgehead atoms. The molecular formula is C90H56N4O2. The van der Waals surface area contributed by atoms with Gasteiger partial charge in [0.2, 0.25) is 0 Å². The van der Waals surface area contributed by atoms with Crippen LogP contribution in [0.25, 0.3) is 187 Å². The van der Waals surface area contributed by atoms with Crippen LogP contribution in [0.1, 0.15) is 0 Å². The first-order valence-electron chi connectivity index (χ1n) is 32.8. The fourth-order valence-corrected chi connectivity index (χ4v) is 15.6. The summed E-state index contributed by atoms with van der Waals surface area (Å²) in [6.45, 7) is 0. The number of hydrogen-bond donors (Lipinski definition) is 0.